The maximum absolute atomic E-state index is 11.7. The number of pyridine rings is 1. The van der Waals surface area contributed by atoms with Gasteiger partial charge in [0.05, 0.1) is 11.9 Å². The number of carbonyl (C=O) groups excluding carboxylic acids is 1. The van der Waals surface area contributed by atoms with Gasteiger partial charge in [-0.15, -0.1) is 0 Å². The lowest BCUT2D eigenvalue weighted by Gasteiger charge is -2.09. The summed E-state index contributed by atoms with van der Waals surface area (Å²) in [6.45, 7) is 0.605. The summed E-state index contributed by atoms with van der Waals surface area (Å²) in [5.74, 6) is -1.31. The van der Waals surface area contributed by atoms with Gasteiger partial charge in [-0.1, -0.05) is 0 Å². The molecule has 2 heterocycles. The highest BCUT2D eigenvalue weighted by Gasteiger charge is 2.23. The van der Waals surface area contributed by atoms with Crippen molar-refractivity contribution in [3.63, 3.8) is 0 Å². The fourth-order valence-corrected chi connectivity index (χ4v) is 1.60. The van der Waals surface area contributed by atoms with E-state index in [0.29, 0.717) is 18.7 Å². The number of nitrogens with zero attached hydrogens (tertiary/aromatic N) is 1. The van der Waals surface area contributed by atoms with Crippen molar-refractivity contribution in [2.75, 3.05) is 11.9 Å². The van der Waals surface area contributed by atoms with Crippen molar-refractivity contribution < 1.29 is 19.4 Å². The molecular formula is C11H12N2O4. The predicted molar refractivity (Wildman–Crippen MR) is 58.8 cm³/mol. The number of amides is 1. The normalized spacial score (nSPS) is 18.9. The summed E-state index contributed by atoms with van der Waals surface area (Å²) in [7, 11) is 0. The average Bonchev–Trinajstić information content (AvgIpc) is 2.83. The van der Waals surface area contributed by atoms with Crippen LogP contribution in [0.2, 0.25) is 0 Å². The van der Waals surface area contributed by atoms with E-state index in [1.54, 1.807) is 0 Å². The zero-order valence-electron chi connectivity index (χ0n) is 9.05. The van der Waals surface area contributed by atoms with Crippen LogP contribution in [0.3, 0.4) is 0 Å². The van der Waals surface area contributed by atoms with E-state index in [0.717, 1.165) is 6.42 Å². The first-order chi connectivity index (χ1) is 8.16. The first kappa shape index (κ1) is 11.5. The topological polar surface area (TPSA) is 88.5 Å². The van der Waals surface area contributed by atoms with Crippen molar-refractivity contribution in [2.24, 2.45) is 0 Å². The van der Waals surface area contributed by atoms with Gasteiger partial charge in [0.25, 0.3) is 5.91 Å². The summed E-state index contributed by atoms with van der Waals surface area (Å²) >= 11 is 0. The van der Waals surface area contributed by atoms with E-state index in [4.69, 9.17) is 9.84 Å². The summed E-state index contributed by atoms with van der Waals surface area (Å²) < 4.78 is 5.22. The van der Waals surface area contributed by atoms with Gasteiger partial charge in [0.15, 0.2) is 0 Å². The van der Waals surface area contributed by atoms with Crippen LogP contribution in [0.15, 0.2) is 18.3 Å². The number of aromatic nitrogens is 1. The van der Waals surface area contributed by atoms with E-state index in [1.807, 2.05) is 0 Å². The quantitative estimate of drug-likeness (QED) is 0.813. The molecule has 0 saturated carbocycles. The minimum atomic E-state index is -1.10. The molecule has 2 N–H and O–H groups in total. The van der Waals surface area contributed by atoms with Crippen LogP contribution in [0.4, 0.5) is 5.69 Å². The molecular weight excluding hydrogens is 224 g/mol. The number of carboxylic acid groups (broad SMARTS) is 1. The highest BCUT2D eigenvalue weighted by molar-refractivity contribution is 5.94. The molecule has 1 amide bonds. The minimum Gasteiger partial charge on any atom is -0.477 e. The zero-order chi connectivity index (χ0) is 12.3. The van der Waals surface area contributed by atoms with Gasteiger partial charge >= 0.3 is 5.97 Å². The fraction of sp³-hybridized carbons (Fsp3) is 0.364. The first-order valence-electron chi connectivity index (χ1n) is 5.28. The molecule has 6 nitrogen and oxygen atoms in total. The average molecular weight is 236 g/mol. The van der Waals surface area contributed by atoms with E-state index >= 15 is 0 Å². The summed E-state index contributed by atoms with van der Waals surface area (Å²) in [6, 6.07) is 2.84. The molecule has 2 rings (SSSR count). The molecule has 1 atom stereocenters. The Labute approximate surface area is 97.6 Å². The maximum atomic E-state index is 11.7. The molecule has 1 aliphatic rings. The number of anilines is 1. The molecule has 1 aromatic heterocycles. The highest BCUT2D eigenvalue weighted by atomic mass is 16.5. The Morgan fingerprint density at radius 1 is 1.47 bits per heavy atom. The van der Waals surface area contributed by atoms with Gasteiger partial charge in [0.1, 0.15) is 11.8 Å². The van der Waals surface area contributed by atoms with Crippen molar-refractivity contribution in [3.8, 4) is 0 Å². The number of ether oxygens (including phenoxy) is 1. The Morgan fingerprint density at radius 3 is 2.82 bits per heavy atom. The molecule has 0 aromatic carbocycles. The lowest BCUT2D eigenvalue weighted by atomic mass is 10.2. The number of hydrogen-bond donors (Lipinski definition) is 2. The van der Waals surface area contributed by atoms with Gasteiger partial charge in [-0.25, -0.2) is 9.78 Å². The summed E-state index contributed by atoms with van der Waals surface area (Å²) in [5.41, 5.74) is 0.413. The molecule has 1 fully saturated rings. The molecule has 17 heavy (non-hydrogen) atoms. The van der Waals surface area contributed by atoms with Crippen LogP contribution in [0.1, 0.15) is 23.3 Å². The van der Waals surface area contributed by atoms with Gasteiger partial charge in [-0.2, -0.15) is 0 Å². The predicted octanol–water partition coefficient (Wildman–Crippen LogP) is 0.897. The number of carboxylic acids is 1. The van der Waals surface area contributed by atoms with Crippen molar-refractivity contribution in [1.82, 2.24) is 4.98 Å². The van der Waals surface area contributed by atoms with E-state index in [1.165, 1.54) is 18.3 Å². The van der Waals surface area contributed by atoms with Crippen LogP contribution < -0.4 is 5.32 Å². The third kappa shape index (κ3) is 2.79. The number of carbonyl (C=O) groups is 2. The van der Waals surface area contributed by atoms with Gasteiger partial charge in [0.2, 0.25) is 0 Å². The Balaban J connectivity index is 1.98. The van der Waals surface area contributed by atoms with Crippen molar-refractivity contribution in [2.45, 2.75) is 18.9 Å². The molecule has 6 heteroatoms. The molecule has 0 radical (unpaired) electrons. The smallest absolute Gasteiger partial charge is 0.354 e. The standard InChI is InChI=1S/C11H12N2O4/c14-10(9-2-1-5-17-9)13-7-3-4-8(11(15)16)12-6-7/h3-4,6,9H,1-2,5H2,(H,13,14)(H,15,16). The molecule has 0 aliphatic carbocycles. The van der Waals surface area contributed by atoms with Gasteiger partial charge in [0, 0.05) is 6.61 Å². The monoisotopic (exact) mass is 236 g/mol. The summed E-state index contributed by atoms with van der Waals surface area (Å²) in [6.07, 6.45) is 2.51. The van der Waals surface area contributed by atoms with Crippen LogP contribution >= 0.6 is 0 Å². The third-order valence-corrected chi connectivity index (χ3v) is 2.47. The van der Waals surface area contributed by atoms with Crippen LogP contribution in [0.5, 0.6) is 0 Å². The summed E-state index contributed by atoms with van der Waals surface area (Å²) in [4.78, 5) is 25.9. The number of hydrogen-bond acceptors (Lipinski definition) is 4. The lowest BCUT2D eigenvalue weighted by molar-refractivity contribution is -0.124. The van der Waals surface area contributed by atoms with Crippen molar-refractivity contribution in [3.05, 3.63) is 24.0 Å². The van der Waals surface area contributed by atoms with E-state index in [2.05, 4.69) is 10.3 Å². The highest BCUT2D eigenvalue weighted by Crippen LogP contribution is 2.14. The zero-order valence-corrected chi connectivity index (χ0v) is 9.05. The fourth-order valence-electron chi connectivity index (χ4n) is 1.60. The molecule has 1 aromatic rings. The molecule has 1 aliphatic heterocycles. The Bertz CT molecular complexity index is 424. The molecule has 90 valence electrons. The maximum Gasteiger partial charge on any atom is 0.354 e. The van der Waals surface area contributed by atoms with E-state index in [-0.39, 0.29) is 11.6 Å². The summed E-state index contributed by atoms with van der Waals surface area (Å²) in [5, 5.41) is 11.3. The second-order valence-electron chi connectivity index (χ2n) is 3.73. The second-order valence-corrected chi connectivity index (χ2v) is 3.73. The van der Waals surface area contributed by atoms with Crippen molar-refractivity contribution in [1.29, 1.82) is 0 Å². The molecule has 0 bridgehead atoms. The van der Waals surface area contributed by atoms with Crippen LogP contribution in [0, 0.1) is 0 Å². The number of rotatable bonds is 3. The molecule has 0 spiro atoms. The lowest BCUT2D eigenvalue weighted by Crippen LogP contribution is -2.26. The van der Waals surface area contributed by atoms with Crippen LogP contribution in [-0.2, 0) is 9.53 Å². The Hall–Kier alpha value is -1.95. The van der Waals surface area contributed by atoms with Gasteiger partial charge in [-0.3, -0.25) is 4.79 Å². The minimum absolute atomic E-state index is 0.0554. The van der Waals surface area contributed by atoms with Crippen LogP contribution in [-0.4, -0.2) is 34.7 Å². The Morgan fingerprint density at radius 2 is 2.29 bits per heavy atom. The first-order valence-corrected chi connectivity index (χ1v) is 5.28. The molecule has 1 saturated heterocycles. The van der Waals surface area contributed by atoms with Crippen LogP contribution in [0.25, 0.3) is 0 Å². The number of nitrogens with one attached hydrogen (secondary N) is 1. The number of aromatic carboxylic acids is 1. The van der Waals surface area contributed by atoms with Gasteiger partial charge in [-0.05, 0) is 25.0 Å². The second kappa shape index (κ2) is 4.92. The Kier molecular flexibility index (Phi) is 3.34. The third-order valence-electron chi connectivity index (χ3n) is 2.47. The van der Waals surface area contributed by atoms with E-state index < -0.39 is 12.1 Å². The van der Waals surface area contributed by atoms with Gasteiger partial charge < -0.3 is 15.2 Å². The molecule has 1 unspecified atom stereocenters. The van der Waals surface area contributed by atoms with E-state index in [9.17, 15) is 9.59 Å². The largest absolute Gasteiger partial charge is 0.477 e. The SMILES string of the molecule is O=C(O)c1ccc(NC(=O)C2CCCO2)cn1. The van der Waals surface area contributed by atoms with Crippen molar-refractivity contribution >= 4 is 17.6 Å².